The van der Waals surface area contributed by atoms with Crippen molar-refractivity contribution in [2.75, 3.05) is 11.9 Å². The largest absolute Gasteiger partial charge is 0.450 e. The van der Waals surface area contributed by atoms with Crippen LogP contribution in [0.3, 0.4) is 0 Å². The first-order chi connectivity index (χ1) is 16.4. The van der Waals surface area contributed by atoms with E-state index in [0.717, 1.165) is 5.56 Å². The van der Waals surface area contributed by atoms with E-state index in [-0.39, 0.29) is 29.2 Å². The van der Waals surface area contributed by atoms with Crippen LogP contribution < -0.4 is 10.3 Å². The van der Waals surface area contributed by atoms with Gasteiger partial charge in [0.25, 0.3) is 11.8 Å². The molecule has 2 aliphatic rings. The number of benzene rings is 3. The normalized spacial score (nSPS) is 18.8. The number of halogens is 1. The Hall–Kier alpha value is -3.90. The highest BCUT2D eigenvalue weighted by molar-refractivity contribution is 6.31. The molecular formula is C27H19ClN2O4. The molecule has 168 valence electrons. The average molecular weight is 471 g/mol. The first-order valence-corrected chi connectivity index (χ1v) is 11.2. The second-order valence-corrected chi connectivity index (χ2v) is 9.12. The minimum Gasteiger partial charge on any atom is -0.450 e. The van der Waals surface area contributed by atoms with Crippen LogP contribution in [-0.2, 0) is 16.9 Å². The van der Waals surface area contributed by atoms with Gasteiger partial charge in [0.1, 0.15) is 5.58 Å². The highest BCUT2D eigenvalue weighted by atomic mass is 35.5. The highest BCUT2D eigenvalue weighted by Crippen LogP contribution is 2.52. The lowest BCUT2D eigenvalue weighted by Crippen LogP contribution is -2.52. The number of carbonyl (C=O) groups is 2. The fraction of sp³-hybridized carbons (Fsp3) is 0.148. The number of fused-ring (bicyclic) bond motifs is 5. The van der Waals surface area contributed by atoms with Crippen molar-refractivity contribution in [1.29, 1.82) is 0 Å². The molecule has 6 nitrogen and oxygen atoms in total. The monoisotopic (exact) mass is 470 g/mol. The summed E-state index contributed by atoms with van der Waals surface area (Å²) in [5.41, 5.74) is 1.10. The number of amides is 2. The molecule has 1 unspecified atom stereocenters. The lowest BCUT2D eigenvalue weighted by molar-refractivity contribution is -0.126. The van der Waals surface area contributed by atoms with E-state index in [1.165, 1.54) is 9.80 Å². The van der Waals surface area contributed by atoms with Gasteiger partial charge in [-0.25, -0.2) is 0 Å². The maximum Gasteiger partial charge on any atom is 0.291 e. The quantitative estimate of drug-likeness (QED) is 0.428. The molecule has 2 aliphatic heterocycles. The predicted octanol–water partition coefficient (Wildman–Crippen LogP) is 4.63. The van der Waals surface area contributed by atoms with Gasteiger partial charge in [-0.15, -0.1) is 0 Å². The van der Waals surface area contributed by atoms with Gasteiger partial charge in [-0.3, -0.25) is 14.4 Å². The van der Waals surface area contributed by atoms with Gasteiger partial charge in [0.15, 0.2) is 11.0 Å². The summed E-state index contributed by atoms with van der Waals surface area (Å²) in [4.78, 5) is 44.8. The third kappa shape index (κ3) is 2.49. The standard InChI is InChI=1S/C27H19ClN2O4/c1-15-11-12-21-17(13-15)23(31)22-24(34-21)25(32)30(14-16-7-3-5-9-19(16)28)27(22)18-8-4-6-10-20(18)29(2)26(27)33/h3-13H,14H2,1-2H3. The summed E-state index contributed by atoms with van der Waals surface area (Å²) >= 11 is 6.44. The first-order valence-electron chi connectivity index (χ1n) is 10.9. The first kappa shape index (κ1) is 20.7. The summed E-state index contributed by atoms with van der Waals surface area (Å²) in [5.74, 6) is -1.01. The van der Waals surface area contributed by atoms with Crippen molar-refractivity contribution < 1.29 is 14.0 Å². The lowest BCUT2D eigenvalue weighted by atomic mass is 9.83. The number of carbonyl (C=O) groups excluding carboxylic acids is 2. The Balaban J connectivity index is 1.73. The number of anilines is 1. The van der Waals surface area contributed by atoms with Crippen LogP contribution >= 0.6 is 11.6 Å². The molecule has 0 N–H and O–H groups in total. The molecule has 2 amide bonds. The van der Waals surface area contributed by atoms with E-state index in [4.69, 9.17) is 16.0 Å². The van der Waals surface area contributed by atoms with Crippen LogP contribution in [0.15, 0.2) is 75.9 Å². The molecule has 1 aromatic heterocycles. The van der Waals surface area contributed by atoms with Gasteiger partial charge in [-0.2, -0.15) is 0 Å². The van der Waals surface area contributed by atoms with Crippen molar-refractivity contribution in [3.63, 3.8) is 0 Å². The van der Waals surface area contributed by atoms with Gasteiger partial charge in [0, 0.05) is 29.9 Å². The topological polar surface area (TPSA) is 70.8 Å². The second-order valence-electron chi connectivity index (χ2n) is 8.71. The summed E-state index contributed by atoms with van der Waals surface area (Å²) in [6.45, 7) is 1.91. The van der Waals surface area contributed by atoms with Crippen LogP contribution in [0.1, 0.15) is 32.8 Å². The molecule has 4 aromatic rings. The molecule has 0 radical (unpaired) electrons. The number of rotatable bonds is 2. The molecule has 0 fully saturated rings. The summed E-state index contributed by atoms with van der Waals surface area (Å²) in [6.07, 6.45) is 0. The maximum atomic E-state index is 14.1. The minimum absolute atomic E-state index is 0.0332. The van der Waals surface area contributed by atoms with Crippen LogP contribution in [0.4, 0.5) is 5.69 Å². The number of hydrogen-bond donors (Lipinski definition) is 0. The Morgan fingerprint density at radius 3 is 2.50 bits per heavy atom. The fourth-order valence-corrected chi connectivity index (χ4v) is 5.42. The third-order valence-electron chi connectivity index (χ3n) is 6.81. The van der Waals surface area contributed by atoms with Gasteiger partial charge >= 0.3 is 0 Å². The van der Waals surface area contributed by atoms with Crippen molar-refractivity contribution in [3.05, 3.63) is 110 Å². The lowest BCUT2D eigenvalue weighted by Gasteiger charge is -2.34. The number of aryl methyl sites for hydroxylation is 1. The summed E-state index contributed by atoms with van der Waals surface area (Å²) < 4.78 is 6.04. The van der Waals surface area contributed by atoms with Crippen LogP contribution in [0.25, 0.3) is 11.0 Å². The second kappa shape index (κ2) is 7.05. The molecule has 3 heterocycles. The minimum atomic E-state index is -1.64. The molecule has 3 aromatic carbocycles. The number of nitrogens with zero attached hydrogens (tertiary/aromatic N) is 2. The average Bonchev–Trinajstić information content (AvgIpc) is 3.21. The Labute approximate surface area is 200 Å². The van der Waals surface area contributed by atoms with E-state index >= 15 is 0 Å². The molecule has 1 atom stereocenters. The molecule has 0 bridgehead atoms. The van der Waals surface area contributed by atoms with Gasteiger partial charge in [-0.1, -0.05) is 59.6 Å². The van der Waals surface area contributed by atoms with Crippen LogP contribution in [0.2, 0.25) is 5.02 Å². The molecule has 0 aliphatic carbocycles. The fourth-order valence-electron chi connectivity index (χ4n) is 5.23. The maximum absolute atomic E-state index is 14.1. The zero-order chi connectivity index (χ0) is 23.8. The predicted molar refractivity (Wildman–Crippen MR) is 129 cm³/mol. The molecule has 7 heteroatoms. The summed E-state index contributed by atoms with van der Waals surface area (Å²) in [6, 6.07) is 19.6. The smallest absolute Gasteiger partial charge is 0.291 e. The Morgan fingerprint density at radius 1 is 0.971 bits per heavy atom. The highest BCUT2D eigenvalue weighted by Gasteiger charge is 2.64. The van der Waals surface area contributed by atoms with E-state index < -0.39 is 11.4 Å². The van der Waals surface area contributed by atoms with E-state index in [1.54, 1.807) is 49.5 Å². The van der Waals surface area contributed by atoms with Crippen molar-refractivity contribution in [2.24, 2.45) is 0 Å². The Kier molecular flexibility index (Phi) is 4.29. The Morgan fingerprint density at radius 2 is 1.71 bits per heavy atom. The number of likely N-dealkylation sites (N-methyl/N-ethyl adjacent to an activating group) is 1. The van der Waals surface area contributed by atoms with E-state index in [2.05, 4.69) is 0 Å². The van der Waals surface area contributed by atoms with Crippen molar-refractivity contribution >= 4 is 40.1 Å². The van der Waals surface area contributed by atoms with Gasteiger partial charge < -0.3 is 14.2 Å². The molecular weight excluding hydrogens is 452 g/mol. The zero-order valence-corrected chi connectivity index (χ0v) is 19.2. The zero-order valence-electron chi connectivity index (χ0n) is 18.5. The van der Waals surface area contributed by atoms with Crippen molar-refractivity contribution in [1.82, 2.24) is 4.90 Å². The molecule has 0 saturated heterocycles. The van der Waals surface area contributed by atoms with E-state index in [0.29, 0.717) is 32.8 Å². The molecule has 34 heavy (non-hydrogen) atoms. The van der Waals surface area contributed by atoms with Crippen molar-refractivity contribution in [2.45, 2.75) is 19.0 Å². The van der Waals surface area contributed by atoms with Crippen LogP contribution in [0.5, 0.6) is 0 Å². The SMILES string of the molecule is Cc1ccc2oc3c(c(=O)c2c1)C1(C(=O)N(C)c2ccccc21)N(Cc1ccccc1Cl)C3=O. The van der Waals surface area contributed by atoms with E-state index in [1.807, 2.05) is 31.2 Å². The van der Waals surface area contributed by atoms with Crippen molar-refractivity contribution in [3.8, 4) is 0 Å². The summed E-state index contributed by atoms with van der Waals surface area (Å²) in [5, 5.41) is 0.805. The molecule has 0 saturated carbocycles. The third-order valence-corrected chi connectivity index (χ3v) is 7.18. The number of hydrogen-bond acceptors (Lipinski definition) is 4. The van der Waals surface area contributed by atoms with Gasteiger partial charge in [-0.05, 0) is 36.8 Å². The van der Waals surface area contributed by atoms with E-state index in [9.17, 15) is 14.4 Å². The van der Waals surface area contributed by atoms with Crippen LogP contribution in [-0.4, -0.2) is 23.8 Å². The summed E-state index contributed by atoms with van der Waals surface area (Å²) in [7, 11) is 1.65. The Bertz CT molecular complexity index is 1610. The molecule has 1 spiro atoms. The number of para-hydroxylation sites is 1. The molecule has 6 rings (SSSR count). The van der Waals surface area contributed by atoms with Crippen LogP contribution in [0, 0.1) is 6.92 Å². The van der Waals surface area contributed by atoms with Gasteiger partial charge in [0.2, 0.25) is 5.76 Å². The van der Waals surface area contributed by atoms with Gasteiger partial charge in [0.05, 0.1) is 10.9 Å².